The van der Waals surface area contributed by atoms with Gasteiger partial charge in [-0.3, -0.25) is 4.99 Å². The number of hydrogen-bond acceptors (Lipinski definition) is 3. The van der Waals surface area contributed by atoms with Gasteiger partial charge in [-0.15, -0.1) is 0 Å². The van der Waals surface area contributed by atoms with Gasteiger partial charge in [0, 0.05) is 27.1 Å². The maximum Gasteiger partial charge on any atom is 0.146 e. The largest absolute Gasteiger partial charge is 0.311 e. The molecule has 5 heteroatoms. The summed E-state index contributed by atoms with van der Waals surface area (Å²) in [4.78, 5) is 8.06. The zero-order valence-electron chi connectivity index (χ0n) is 8.44. The molecule has 2 aliphatic heterocycles. The van der Waals surface area contributed by atoms with Crippen LogP contribution >= 0.6 is 46.6 Å². The van der Waals surface area contributed by atoms with Crippen molar-refractivity contribution in [1.82, 2.24) is 4.90 Å². The van der Waals surface area contributed by atoms with E-state index in [1.807, 2.05) is 0 Å². The van der Waals surface area contributed by atoms with Gasteiger partial charge >= 0.3 is 0 Å². The molecule has 0 saturated carbocycles. The van der Waals surface area contributed by atoms with Gasteiger partial charge in [0.1, 0.15) is 10.2 Å². The topological polar surface area (TPSA) is 15.6 Å². The molecule has 0 saturated heterocycles. The maximum atomic E-state index is 5.43. The van der Waals surface area contributed by atoms with E-state index < -0.39 is 0 Å². The number of aliphatic imine (C=N–C) groups is 1. The van der Waals surface area contributed by atoms with E-state index >= 15 is 0 Å². The lowest BCUT2D eigenvalue weighted by atomic mass is 10.1. The lowest BCUT2D eigenvalue weighted by molar-refractivity contribution is 0.560. The average molecular weight is 360 g/mol. The van der Waals surface area contributed by atoms with Crippen LogP contribution in [0.1, 0.15) is 12.0 Å². The standard InChI is InChI=1S/C11H9IN2S2/c12-7-3-1-4-8-9(7)10-13-5-2-6-14(10)11(15)16-8/h1,3-4H,2,5-6H2. The Morgan fingerprint density at radius 1 is 1.44 bits per heavy atom. The highest BCUT2D eigenvalue weighted by atomic mass is 127. The first-order chi connectivity index (χ1) is 7.77. The smallest absolute Gasteiger partial charge is 0.146 e. The Bertz CT molecular complexity index is 499. The number of thiocarbonyl (C=S) groups is 1. The van der Waals surface area contributed by atoms with E-state index in [0.717, 1.165) is 29.7 Å². The van der Waals surface area contributed by atoms with Crippen LogP contribution in [0, 0.1) is 3.57 Å². The normalized spacial score (nSPS) is 18.9. The fraction of sp³-hybridized carbons (Fsp3) is 0.273. The Hall–Kier alpha value is -0.140. The third-order valence-electron chi connectivity index (χ3n) is 2.67. The van der Waals surface area contributed by atoms with Crippen molar-refractivity contribution in [2.24, 2.45) is 4.99 Å². The Balaban J connectivity index is 2.22. The van der Waals surface area contributed by atoms with Crippen LogP contribution < -0.4 is 0 Å². The fourth-order valence-corrected chi connectivity index (χ4v) is 4.25. The molecule has 0 fully saturated rings. The van der Waals surface area contributed by atoms with Gasteiger partial charge < -0.3 is 4.90 Å². The Labute approximate surface area is 118 Å². The number of fused-ring (bicyclic) bond motifs is 3. The van der Waals surface area contributed by atoms with Crippen LogP contribution in [0.15, 0.2) is 28.1 Å². The van der Waals surface area contributed by atoms with Crippen molar-refractivity contribution in [2.75, 3.05) is 13.1 Å². The molecule has 1 aromatic carbocycles. The van der Waals surface area contributed by atoms with Crippen molar-refractivity contribution in [3.8, 4) is 0 Å². The summed E-state index contributed by atoms with van der Waals surface area (Å²) in [5.74, 6) is 1.08. The SMILES string of the molecule is S=C1Sc2cccc(I)c2C2=NCCCN12. The highest BCUT2D eigenvalue weighted by molar-refractivity contribution is 14.1. The molecule has 2 aliphatic rings. The molecule has 0 aromatic heterocycles. The molecule has 0 spiro atoms. The molecular weight excluding hydrogens is 351 g/mol. The van der Waals surface area contributed by atoms with Gasteiger partial charge in [-0.05, 0) is 41.1 Å². The van der Waals surface area contributed by atoms with Crippen LogP contribution in [0.25, 0.3) is 0 Å². The molecule has 82 valence electrons. The Kier molecular flexibility index (Phi) is 2.93. The van der Waals surface area contributed by atoms with Crippen LogP contribution in [0.3, 0.4) is 0 Å². The molecule has 0 radical (unpaired) electrons. The fourth-order valence-electron chi connectivity index (χ4n) is 1.95. The number of halogens is 1. The van der Waals surface area contributed by atoms with Crippen LogP contribution in [0.4, 0.5) is 0 Å². The summed E-state index contributed by atoms with van der Waals surface area (Å²) in [6.45, 7) is 1.93. The first kappa shape index (κ1) is 11.0. The zero-order chi connectivity index (χ0) is 11.1. The summed E-state index contributed by atoms with van der Waals surface area (Å²) >= 11 is 9.49. The highest BCUT2D eigenvalue weighted by Gasteiger charge is 2.30. The Morgan fingerprint density at radius 2 is 2.31 bits per heavy atom. The van der Waals surface area contributed by atoms with E-state index in [9.17, 15) is 0 Å². The molecule has 2 heterocycles. The molecule has 0 aliphatic carbocycles. The summed E-state index contributed by atoms with van der Waals surface area (Å²) in [6, 6.07) is 6.34. The van der Waals surface area contributed by atoms with E-state index in [4.69, 9.17) is 12.2 Å². The molecule has 0 atom stereocenters. The van der Waals surface area contributed by atoms with Gasteiger partial charge in [0.05, 0.1) is 0 Å². The second-order valence-corrected chi connectivity index (χ2v) is 6.53. The first-order valence-electron chi connectivity index (χ1n) is 5.10. The van der Waals surface area contributed by atoms with Gasteiger partial charge in [-0.25, -0.2) is 0 Å². The number of hydrogen-bond donors (Lipinski definition) is 0. The molecule has 0 N–H and O–H groups in total. The zero-order valence-corrected chi connectivity index (χ0v) is 12.2. The minimum Gasteiger partial charge on any atom is -0.311 e. The molecule has 0 unspecified atom stereocenters. The van der Waals surface area contributed by atoms with E-state index in [1.165, 1.54) is 14.0 Å². The van der Waals surface area contributed by atoms with Crippen LogP contribution in [-0.4, -0.2) is 28.1 Å². The summed E-state index contributed by atoms with van der Waals surface area (Å²) in [5.41, 5.74) is 1.27. The monoisotopic (exact) mass is 360 g/mol. The third-order valence-corrected chi connectivity index (χ3v) is 5.00. The maximum absolute atomic E-state index is 5.43. The Morgan fingerprint density at radius 3 is 3.19 bits per heavy atom. The van der Waals surface area contributed by atoms with Crippen LogP contribution in [0.2, 0.25) is 0 Å². The molecule has 16 heavy (non-hydrogen) atoms. The molecule has 0 bridgehead atoms. The van der Waals surface area contributed by atoms with Crippen molar-refractivity contribution in [2.45, 2.75) is 11.3 Å². The summed E-state index contributed by atoms with van der Waals surface area (Å²) in [5, 5.41) is 0. The second kappa shape index (κ2) is 4.27. The minimum absolute atomic E-state index is 0.920. The molecule has 1 aromatic rings. The van der Waals surface area contributed by atoms with Crippen molar-refractivity contribution >= 4 is 56.7 Å². The van der Waals surface area contributed by atoms with Crippen molar-refractivity contribution in [3.05, 3.63) is 27.3 Å². The van der Waals surface area contributed by atoms with E-state index in [-0.39, 0.29) is 0 Å². The number of nitrogens with zero attached hydrogens (tertiary/aromatic N) is 2. The second-order valence-electron chi connectivity index (χ2n) is 3.69. The van der Waals surface area contributed by atoms with E-state index in [2.05, 4.69) is 50.7 Å². The molecular formula is C11H9IN2S2. The van der Waals surface area contributed by atoms with Crippen molar-refractivity contribution < 1.29 is 0 Å². The van der Waals surface area contributed by atoms with Gasteiger partial charge in [0.25, 0.3) is 0 Å². The molecule has 3 rings (SSSR count). The lowest BCUT2D eigenvalue weighted by Crippen LogP contribution is -2.41. The average Bonchev–Trinajstić information content (AvgIpc) is 2.29. The number of rotatable bonds is 0. The first-order valence-corrected chi connectivity index (χ1v) is 7.40. The van der Waals surface area contributed by atoms with Crippen molar-refractivity contribution in [1.29, 1.82) is 0 Å². The van der Waals surface area contributed by atoms with Crippen molar-refractivity contribution in [3.63, 3.8) is 0 Å². The molecule has 0 amide bonds. The summed E-state index contributed by atoms with van der Waals surface area (Å²) in [6.07, 6.45) is 1.10. The van der Waals surface area contributed by atoms with E-state index in [0.29, 0.717) is 0 Å². The van der Waals surface area contributed by atoms with Gasteiger partial charge in [0.2, 0.25) is 0 Å². The quantitative estimate of drug-likeness (QED) is 0.522. The highest BCUT2D eigenvalue weighted by Crippen LogP contribution is 2.36. The number of thioether (sulfide) groups is 1. The van der Waals surface area contributed by atoms with E-state index in [1.54, 1.807) is 11.8 Å². The lowest BCUT2D eigenvalue weighted by Gasteiger charge is -2.34. The van der Waals surface area contributed by atoms with Crippen LogP contribution in [0.5, 0.6) is 0 Å². The predicted octanol–water partition coefficient (Wildman–Crippen LogP) is 3.13. The number of benzene rings is 1. The minimum atomic E-state index is 0.920. The summed E-state index contributed by atoms with van der Waals surface area (Å²) < 4.78 is 2.20. The third kappa shape index (κ3) is 1.69. The van der Waals surface area contributed by atoms with Gasteiger partial charge in [0.15, 0.2) is 0 Å². The predicted molar refractivity (Wildman–Crippen MR) is 80.3 cm³/mol. The molecule has 2 nitrogen and oxygen atoms in total. The summed E-state index contributed by atoms with van der Waals surface area (Å²) in [7, 11) is 0. The van der Waals surface area contributed by atoms with Gasteiger partial charge in [-0.1, -0.05) is 30.0 Å². The van der Waals surface area contributed by atoms with Crippen LogP contribution in [-0.2, 0) is 0 Å². The number of amidine groups is 1. The van der Waals surface area contributed by atoms with Gasteiger partial charge in [-0.2, -0.15) is 0 Å².